The van der Waals surface area contributed by atoms with Crippen molar-refractivity contribution in [2.24, 2.45) is 0 Å². The van der Waals surface area contributed by atoms with Gasteiger partial charge in [0.15, 0.2) is 17.2 Å². The number of ether oxygens (including phenoxy) is 3. The van der Waals surface area contributed by atoms with Crippen molar-refractivity contribution in [2.75, 3.05) is 31.5 Å². The molecule has 2 saturated carbocycles. The topological polar surface area (TPSA) is 141 Å². The molecule has 13 heteroatoms. The Balaban J connectivity index is 1.50. The Morgan fingerprint density at radius 1 is 1.07 bits per heavy atom. The quantitative estimate of drug-likeness (QED) is 0.395. The fourth-order valence-corrected chi connectivity index (χ4v) is 5.59. The van der Waals surface area contributed by atoms with E-state index in [-0.39, 0.29) is 52.9 Å². The van der Waals surface area contributed by atoms with E-state index in [1.165, 1.54) is 15.6 Å². The van der Waals surface area contributed by atoms with Gasteiger partial charge >= 0.3 is 6.09 Å². The number of imidazole rings is 1. The molecule has 2 atom stereocenters. The highest BCUT2D eigenvalue weighted by Crippen LogP contribution is 2.30. The van der Waals surface area contributed by atoms with Gasteiger partial charge in [-0.2, -0.15) is 0 Å². The molecule has 3 aromatic heterocycles. The number of hydrogen-bond acceptors (Lipinski definition) is 9. The van der Waals surface area contributed by atoms with Gasteiger partial charge in [-0.3, -0.25) is 14.5 Å². The molecule has 0 saturated heterocycles. The third-order valence-corrected chi connectivity index (χ3v) is 8.15. The van der Waals surface area contributed by atoms with Gasteiger partial charge in [-0.05, 0) is 71.4 Å². The van der Waals surface area contributed by atoms with Crippen LogP contribution in [-0.2, 0) is 14.2 Å². The zero-order chi connectivity index (χ0) is 30.9. The molecule has 2 aliphatic carbocycles. The molecule has 2 aliphatic rings. The van der Waals surface area contributed by atoms with Crippen molar-refractivity contribution in [1.29, 1.82) is 0 Å². The molecule has 3 heterocycles. The van der Waals surface area contributed by atoms with E-state index < -0.39 is 11.7 Å². The Kier molecular flexibility index (Phi) is 8.74. The van der Waals surface area contributed by atoms with Crippen molar-refractivity contribution in [3.05, 3.63) is 46.6 Å². The SMILES string of the molecule is CO[C@@H]1CC[C@H]1NC(=O)c1cnc2c(N(C)C(=O)OC(C)(C)C)cc(Nc3cccn([C@H]4CC[C@H](OC)CC4)c3=O)nn12. The molecule has 2 N–H and O–H groups in total. The standard InChI is InChI=1S/C30H41N7O6/c1-30(2,3)43-29(40)35(4)22-16-25(32-21-8-7-15-36(28(21)39)18-9-11-19(41-5)12-10-18)34-37-23(17-31-26(22)37)27(38)33-20-13-14-24(20)42-6/h7-8,15-20,24H,9-14H2,1-6H3,(H,32,34)(H,33,38)/t18-,19-,20-,24-/m1/s1. The number of methoxy groups -OCH3 is 2. The highest BCUT2D eigenvalue weighted by atomic mass is 16.6. The summed E-state index contributed by atoms with van der Waals surface area (Å²) in [6.07, 6.45) is 7.92. The van der Waals surface area contributed by atoms with E-state index in [2.05, 4.69) is 20.7 Å². The Labute approximate surface area is 250 Å². The van der Waals surface area contributed by atoms with E-state index >= 15 is 0 Å². The Morgan fingerprint density at radius 3 is 2.44 bits per heavy atom. The Bertz CT molecular complexity index is 1530. The number of nitrogens with one attached hydrogen (secondary N) is 2. The first-order chi connectivity index (χ1) is 20.5. The Hall–Kier alpha value is -3.97. The molecule has 0 bridgehead atoms. The first-order valence-corrected chi connectivity index (χ1v) is 14.7. The van der Waals surface area contributed by atoms with Crippen LogP contribution in [0.2, 0.25) is 0 Å². The van der Waals surface area contributed by atoms with Crippen molar-refractivity contribution in [1.82, 2.24) is 24.5 Å². The average molecular weight is 596 g/mol. The summed E-state index contributed by atoms with van der Waals surface area (Å²) in [6, 6.07) is 5.07. The van der Waals surface area contributed by atoms with Crippen LogP contribution < -0.4 is 21.1 Å². The molecule has 0 aliphatic heterocycles. The number of nitrogens with zero attached hydrogens (tertiary/aromatic N) is 5. The van der Waals surface area contributed by atoms with E-state index in [0.29, 0.717) is 11.4 Å². The van der Waals surface area contributed by atoms with Gasteiger partial charge in [-0.15, -0.1) is 5.10 Å². The third kappa shape index (κ3) is 6.52. The van der Waals surface area contributed by atoms with Gasteiger partial charge in [0.1, 0.15) is 11.3 Å². The first kappa shape index (κ1) is 30.5. The number of fused-ring (bicyclic) bond motifs is 1. The number of anilines is 3. The smallest absolute Gasteiger partial charge is 0.414 e. The monoisotopic (exact) mass is 595 g/mol. The summed E-state index contributed by atoms with van der Waals surface area (Å²) in [4.78, 5) is 45.7. The second-order valence-electron chi connectivity index (χ2n) is 12.2. The van der Waals surface area contributed by atoms with Crippen molar-refractivity contribution in [3.8, 4) is 0 Å². The van der Waals surface area contributed by atoms with Crippen LogP contribution in [0, 0.1) is 0 Å². The third-order valence-electron chi connectivity index (χ3n) is 8.15. The van der Waals surface area contributed by atoms with E-state index in [4.69, 9.17) is 14.2 Å². The molecule has 2 amide bonds. The normalized spacial score (nSPS) is 22.1. The minimum absolute atomic E-state index is 0.0491. The van der Waals surface area contributed by atoms with Crippen molar-refractivity contribution < 1.29 is 23.8 Å². The number of rotatable bonds is 8. The minimum Gasteiger partial charge on any atom is -0.443 e. The lowest BCUT2D eigenvalue weighted by molar-refractivity contribution is 0.00718. The summed E-state index contributed by atoms with van der Waals surface area (Å²) in [5, 5.41) is 10.8. The molecule has 3 aromatic rings. The Morgan fingerprint density at radius 2 is 1.81 bits per heavy atom. The molecule has 0 aromatic carbocycles. The number of carbonyl (C=O) groups is 2. The van der Waals surface area contributed by atoms with Crippen molar-refractivity contribution >= 4 is 34.8 Å². The van der Waals surface area contributed by atoms with Crippen molar-refractivity contribution in [2.45, 2.75) is 89.2 Å². The minimum atomic E-state index is -0.728. The van der Waals surface area contributed by atoms with Crippen LogP contribution in [0.4, 0.5) is 22.0 Å². The predicted molar refractivity (Wildman–Crippen MR) is 161 cm³/mol. The van der Waals surface area contributed by atoms with Gasteiger partial charge < -0.3 is 29.4 Å². The lowest BCUT2D eigenvalue weighted by atomic mass is 9.89. The average Bonchev–Trinajstić information content (AvgIpc) is 3.39. The van der Waals surface area contributed by atoms with Gasteiger partial charge in [-0.25, -0.2) is 14.3 Å². The molecular weight excluding hydrogens is 554 g/mol. The summed E-state index contributed by atoms with van der Waals surface area (Å²) in [7, 11) is 4.90. The molecule has 232 valence electrons. The fraction of sp³-hybridized carbons (Fsp3) is 0.567. The maximum Gasteiger partial charge on any atom is 0.414 e. The molecular formula is C30H41N7O6. The molecule has 0 radical (unpaired) electrons. The van der Waals surface area contributed by atoms with Gasteiger partial charge in [0, 0.05) is 39.6 Å². The lowest BCUT2D eigenvalue weighted by Crippen LogP contribution is -2.51. The second kappa shape index (κ2) is 12.3. The van der Waals surface area contributed by atoms with Gasteiger partial charge in [0.25, 0.3) is 11.5 Å². The molecule has 5 rings (SSSR count). The summed E-state index contributed by atoms with van der Waals surface area (Å²) in [6.45, 7) is 5.34. The van der Waals surface area contributed by atoms with Gasteiger partial charge in [0.05, 0.1) is 30.1 Å². The fourth-order valence-electron chi connectivity index (χ4n) is 5.59. The van der Waals surface area contributed by atoms with Crippen LogP contribution in [0.25, 0.3) is 5.65 Å². The summed E-state index contributed by atoms with van der Waals surface area (Å²) >= 11 is 0. The summed E-state index contributed by atoms with van der Waals surface area (Å²) in [5.41, 5.74) is 0.206. The highest BCUT2D eigenvalue weighted by Gasteiger charge is 2.33. The molecule has 0 unspecified atom stereocenters. The predicted octanol–water partition coefficient (Wildman–Crippen LogP) is 4.04. The number of aromatic nitrogens is 4. The van der Waals surface area contributed by atoms with Gasteiger partial charge in [0.2, 0.25) is 0 Å². The number of hydrogen-bond donors (Lipinski definition) is 2. The van der Waals surface area contributed by atoms with Crippen LogP contribution in [0.15, 0.2) is 35.4 Å². The largest absolute Gasteiger partial charge is 0.443 e. The number of carbonyl (C=O) groups excluding carboxylic acids is 2. The van der Waals surface area contributed by atoms with Crippen LogP contribution in [0.3, 0.4) is 0 Å². The zero-order valence-corrected chi connectivity index (χ0v) is 25.6. The maximum atomic E-state index is 13.6. The van der Waals surface area contributed by atoms with Crippen LogP contribution in [0.5, 0.6) is 0 Å². The number of pyridine rings is 1. The van der Waals surface area contributed by atoms with Crippen LogP contribution in [0.1, 0.15) is 75.8 Å². The second-order valence-corrected chi connectivity index (χ2v) is 12.2. The molecule has 13 nitrogen and oxygen atoms in total. The van der Waals surface area contributed by atoms with E-state index in [1.807, 2.05) is 6.07 Å². The molecule has 43 heavy (non-hydrogen) atoms. The lowest BCUT2D eigenvalue weighted by Gasteiger charge is -2.35. The van der Waals surface area contributed by atoms with Crippen molar-refractivity contribution in [3.63, 3.8) is 0 Å². The maximum absolute atomic E-state index is 13.6. The van der Waals surface area contributed by atoms with E-state index in [0.717, 1.165) is 38.5 Å². The van der Waals surface area contributed by atoms with E-state index in [9.17, 15) is 14.4 Å². The summed E-state index contributed by atoms with van der Waals surface area (Å²) < 4.78 is 19.6. The van der Waals surface area contributed by atoms with Crippen LogP contribution in [-0.4, -0.2) is 76.3 Å². The first-order valence-electron chi connectivity index (χ1n) is 14.7. The summed E-state index contributed by atoms with van der Waals surface area (Å²) in [5.74, 6) is -0.121. The van der Waals surface area contributed by atoms with E-state index in [1.54, 1.807) is 64.9 Å². The molecule has 2 fully saturated rings. The highest BCUT2D eigenvalue weighted by molar-refractivity contribution is 5.96. The van der Waals surface area contributed by atoms with Crippen LogP contribution >= 0.6 is 0 Å². The zero-order valence-electron chi connectivity index (χ0n) is 25.6. The van der Waals surface area contributed by atoms with Gasteiger partial charge in [-0.1, -0.05) is 0 Å². The number of amides is 2. The molecule has 0 spiro atoms.